The average Bonchev–Trinajstić information content (AvgIpc) is 2.57. The molecule has 0 aliphatic heterocycles. The average molecular weight is 238 g/mol. The van der Waals surface area contributed by atoms with Gasteiger partial charge in [-0.3, -0.25) is 4.79 Å². The van der Waals surface area contributed by atoms with E-state index in [4.69, 9.17) is 0 Å². The van der Waals surface area contributed by atoms with E-state index in [-0.39, 0.29) is 5.43 Å². The van der Waals surface area contributed by atoms with Crippen molar-refractivity contribution in [3.05, 3.63) is 70.4 Å². The monoisotopic (exact) mass is 238 g/mol. The van der Waals surface area contributed by atoms with E-state index in [1.54, 1.807) is 24.3 Å². The van der Waals surface area contributed by atoms with Crippen molar-refractivity contribution < 1.29 is 4.39 Å². The Morgan fingerprint density at radius 1 is 0.778 bits per heavy atom. The van der Waals surface area contributed by atoms with E-state index in [0.717, 1.165) is 5.39 Å². The van der Waals surface area contributed by atoms with Crippen LogP contribution in [0, 0.1) is 0 Å². The lowest BCUT2D eigenvalue weighted by atomic mass is 10.1. The van der Waals surface area contributed by atoms with E-state index in [0.29, 0.717) is 21.7 Å². The van der Waals surface area contributed by atoms with E-state index in [1.807, 2.05) is 30.3 Å². The molecule has 0 saturated carbocycles. The lowest BCUT2D eigenvalue weighted by Gasteiger charge is -1.97. The van der Waals surface area contributed by atoms with Gasteiger partial charge in [0.05, 0.1) is 0 Å². The van der Waals surface area contributed by atoms with Crippen LogP contribution >= 0.6 is 0 Å². The first-order chi connectivity index (χ1) is 8.81. The van der Waals surface area contributed by atoms with E-state index in [9.17, 15) is 9.18 Å². The maximum Gasteiger partial charge on any atom is 0.194 e. The summed E-state index contributed by atoms with van der Waals surface area (Å²) in [6, 6.07) is 16.3. The molecule has 88 valence electrons. The Labute approximate surface area is 103 Å². The summed E-state index contributed by atoms with van der Waals surface area (Å²) >= 11 is 0. The predicted octanol–water partition coefficient (Wildman–Crippen LogP) is 3.82. The molecule has 2 heteroatoms. The lowest BCUT2D eigenvalue weighted by molar-refractivity contribution is 0.488. The zero-order chi connectivity index (χ0) is 12.5. The molecule has 0 aromatic heterocycles. The Balaban J connectivity index is 2.62. The largest absolute Gasteiger partial charge is 0.289 e. The van der Waals surface area contributed by atoms with Crippen LogP contribution in [0.5, 0.6) is 0 Å². The first kappa shape index (κ1) is 10.9. The van der Waals surface area contributed by atoms with Gasteiger partial charge in [-0.2, -0.15) is 0 Å². The number of benzene rings is 2. The van der Waals surface area contributed by atoms with Crippen LogP contribution in [0.3, 0.4) is 0 Å². The Morgan fingerprint density at radius 2 is 1.56 bits per heavy atom. The summed E-state index contributed by atoms with van der Waals surface area (Å²) in [7, 11) is 0. The minimum atomic E-state index is -0.558. The van der Waals surface area contributed by atoms with Crippen LogP contribution in [0.4, 0.5) is 4.39 Å². The van der Waals surface area contributed by atoms with Crippen molar-refractivity contribution in [3.63, 3.8) is 0 Å². The molecule has 0 amide bonds. The van der Waals surface area contributed by atoms with Gasteiger partial charge in [0.2, 0.25) is 0 Å². The molecular weight excluding hydrogens is 227 g/mol. The summed E-state index contributed by atoms with van der Waals surface area (Å²) in [6.07, 6.45) is 0. The third-order valence-electron chi connectivity index (χ3n) is 3.22. The molecule has 0 saturated heterocycles. The van der Waals surface area contributed by atoms with Crippen molar-refractivity contribution in [2.24, 2.45) is 0 Å². The molecule has 3 rings (SSSR count). The highest BCUT2D eigenvalue weighted by Crippen LogP contribution is 2.19. The van der Waals surface area contributed by atoms with Crippen molar-refractivity contribution in [1.29, 1.82) is 0 Å². The number of fused-ring (bicyclic) bond motifs is 2. The molecule has 1 nitrogen and oxygen atoms in total. The summed E-state index contributed by atoms with van der Waals surface area (Å²) in [5.74, 6) is 0. The van der Waals surface area contributed by atoms with Gasteiger partial charge in [0.25, 0.3) is 0 Å². The molecule has 0 aliphatic carbocycles. The molecule has 3 aromatic rings. The van der Waals surface area contributed by atoms with Crippen molar-refractivity contribution in [3.8, 4) is 0 Å². The number of hydrogen-bond acceptors (Lipinski definition) is 1. The second-order valence-corrected chi connectivity index (χ2v) is 4.26. The van der Waals surface area contributed by atoms with E-state index < -0.39 is 6.67 Å². The number of alkyl halides is 1. The van der Waals surface area contributed by atoms with Gasteiger partial charge in [-0.1, -0.05) is 54.6 Å². The third-order valence-corrected chi connectivity index (χ3v) is 3.22. The quantitative estimate of drug-likeness (QED) is 0.629. The van der Waals surface area contributed by atoms with Crippen LogP contribution in [0.15, 0.2) is 59.4 Å². The van der Waals surface area contributed by atoms with Gasteiger partial charge < -0.3 is 0 Å². The summed E-state index contributed by atoms with van der Waals surface area (Å²) in [6.45, 7) is -0.558. The molecule has 0 N–H and O–H groups in total. The van der Waals surface area contributed by atoms with Gasteiger partial charge >= 0.3 is 0 Å². The first-order valence-electron chi connectivity index (χ1n) is 5.81. The molecule has 0 heterocycles. The maximum atomic E-state index is 13.0. The topological polar surface area (TPSA) is 17.1 Å². The number of hydrogen-bond donors (Lipinski definition) is 0. The predicted molar refractivity (Wildman–Crippen MR) is 72.5 cm³/mol. The summed E-state index contributed by atoms with van der Waals surface area (Å²) in [4.78, 5) is 12.4. The molecule has 0 atom stereocenters. The Hall–Kier alpha value is -2.22. The highest BCUT2D eigenvalue weighted by atomic mass is 19.1. The van der Waals surface area contributed by atoms with Crippen LogP contribution in [0.1, 0.15) is 5.56 Å². The van der Waals surface area contributed by atoms with E-state index in [1.165, 1.54) is 0 Å². The molecule has 0 radical (unpaired) electrons. The lowest BCUT2D eigenvalue weighted by Crippen LogP contribution is -1.98. The fraction of sp³-hybridized carbons (Fsp3) is 0.0625. The van der Waals surface area contributed by atoms with Gasteiger partial charge in [0.15, 0.2) is 5.43 Å². The van der Waals surface area contributed by atoms with Crippen molar-refractivity contribution >= 4 is 21.5 Å². The van der Waals surface area contributed by atoms with Gasteiger partial charge in [-0.05, 0) is 16.3 Å². The fourth-order valence-corrected chi connectivity index (χ4v) is 2.29. The minimum Gasteiger partial charge on any atom is -0.289 e. The van der Waals surface area contributed by atoms with Gasteiger partial charge in [0, 0.05) is 10.8 Å². The Kier molecular flexibility index (Phi) is 2.56. The third kappa shape index (κ3) is 1.58. The zero-order valence-corrected chi connectivity index (χ0v) is 9.69. The van der Waals surface area contributed by atoms with Crippen LogP contribution < -0.4 is 5.43 Å². The van der Waals surface area contributed by atoms with Crippen molar-refractivity contribution in [2.75, 3.05) is 0 Å². The molecule has 0 spiro atoms. The molecule has 18 heavy (non-hydrogen) atoms. The highest BCUT2D eigenvalue weighted by Gasteiger charge is 2.04. The van der Waals surface area contributed by atoms with Crippen molar-refractivity contribution in [2.45, 2.75) is 6.67 Å². The molecular formula is C16H11FO. The Morgan fingerprint density at radius 3 is 2.39 bits per heavy atom. The maximum absolute atomic E-state index is 13.0. The van der Waals surface area contributed by atoms with Crippen LogP contribution in [-0.2, 0) is 6.67 Å². The molecule has 0 bridgehead atoms. The van der Waals surface area contributed by atoms with E-state index in [2.05, 4.69) is 0 Å². The minimum absolute atomic E-state index is 0.0408. The van der Waals surface area contributed by atoms with Crippen LogP contribution in [0.25, 0.3) is 21.5 Å². The zero-order valence-electron chi connectivity index (χ0n) is 9.69. The standard InChI is InChI=1S/C16H11FO/c17-10-12-5-3-7-15-13(12)9-8-11-4-1-2-6-14(11)16(15)18/h1-9H,10H2. The fourth-order valence-electron chi connectivity index (χ4n) is 2.29. The second kappa shape index (κ2) is 4.22. The van der Waals surface area contributed by atoms with Crippen molar-refractivity contribution in [1.82, 2.24) is 0 Å². The summed E-state index contributed by atoms with van der Waals surface area (Å²) in [5, 5.41) is 2.82. The van der Waals surface area contributed by atoms with Gasteiger partial charge in [-0.15, -0.1) is 0 Å². The number of halogens is 1. The van der Waals surface area contributed by atoms with Crippen LogP contribution in [-0.4, -0.2) is 0 Å². The molecule has 3 aromatic carbocycles. The van der Waals surface area contributed by atoms with Gasteiger partial charge in [-0.25, -0.2) is 4.39 Å². The number of rotatable bonds is 1. The SMILES string of the molecule is O=c1c2ccccc2ccc2c(CF)cccc12. The summed E-state index contributed by atoms with van der Waals surface area (Å²) < 4.78 is 13.0. The van der Waals surface area contributed by atoms with E-state index >= 15 is 0 Å². The second-order valence-electron chi connectivity index (χ2n) is 4.26. The molecule has 0 aliphatic rings. The highest BCUT2D eigenvalue weighted by molar-refractivity contribution is 5.94. The molecule has 0 fully saturated rings. The van der Waals surface area contributed by atoms with Gasteiger partial charge in [0.1, 0.15) is 6.67 Å². The smallest absolute Gasteiger partial charge is 0.194 e. The Bertz CT molecular complexity index is 793. The summed E-state index contributed by atoms with van der Waals surface area (Å²) in [5.41, 5.74) is 0.519. The molecule has 0 unspecified atom stereocenters. The van der Waals surface area contributed by atoms with Crippen LogP contribution in [0.2, 0.25) is 0 Å². The normalized spacial score (nSPS) is 10.9. The first-order valence-corrected chi connectivity index (χ1v) is 5.81.